The molecule has 3 heterocycles. The number of fused-ring (bicyclic) bond motifs is 1. The number of carbonyl (C=O) groups excluding carboxylic acids is 2. The fraction of sp³-hybridized carbons (Fsp3) is 0.387. The number of methoxy groups -OCH3 is 2. The van der Waals surface area contributed by atoms with E-state index in [2.05, 4.69) is 20.7 Å². The van der Waals surface area contributed by atoms with E-state index in [4.69, 9.17) is 18.9 Å². The van der Waals surface area contributed by atoms with Crippen molar-refractivity contribution in [2.45, 2.75) is 57.3 Å². The Balaban J connectivity index is 1.29. The van der Waals surface area contributed by atoms with E-state index >= 15 is 0 Å². The largest absolute Gasteiger partial charge is 0.493 e. The average molecular weight is 619 g/mol. The lowest BCUT2D eigenvalue weighted by Gasteiger charge is -2.32. The highest BCUT2D eigenvalue weighted by Gasteiger charge is 2.34. The maximum Gasteiger partial charge on any atom is 0.248 e. The maximum atomic E-state index is 14.1. The van der Waals surface area contributed by atoms with Crippen LogP contribution in [0.1, 0.15) is 48.6 Å². The van der Waals surface area contributed by atoms with Crippen molar-refractivity contribution in [2.24, 2.45) is 0 Å². The van der Waals surface area contributed by atoms with Gasteiger partial charge in [-0.25, -0.2) is 0 Å². The normalized spacial score (nSPS) is 15.0. The Kier molecular flexibility index (Phi) is 8.91. The van der Waals surface area contributed by atoms with E-state index < -0.39 is 6.04 Å². The summed E-state index contributed by atoms with van der Waals surface area (Å²) in [6.07, 6.45) is 5.19. The Morgan fingerprint density at radius 3 is 2.64 bits per heavy atom. The summed E-state index contributed by atoms with van der Waals surface area (Å²) in [7, 11) is 3.11. The predicted molar refractivity (Wildman–Crippen MR) is 162 cm³/mol. The number of nitrogens with one attached hydrogen (secondary N) is 1. The van der Waals surface area contributed by atoms with E-state index in [0.717, 1.165) is 36.1 Å². The Morgan fingerprint density at radius 2 is 1.86 bits per heavy atom. The second-order valence-corrected chi connectivity index (χ2v) is 11.7. The Morgan fingerprint density at radius 1 is 1.05 bits per heavy atom. The third kappa shape index (κ3) is 6.47. The monoisotopic (exact) mass is 618 g/mol. The fourth-order valence-electron chi connectivity index (χ4n) is 5.57. The number of rotatable bonds is 11. The molecule has 2 amide bonds. The van der Waals surface area contributed by atoms with Crippen LogP contribution in [-0.4, -0.2) is 64.0 Å². The number of aromatic nitrogens is 4. The van der Waals surface area contributed by atoms with E-state index in [1.807, 2.05) is 35.7 Å². The first-order chi connectivity index (χ1) is 21.5. The minimum atomic E-state index is -0.844. The molecule has 0 bridgehead atoms. The summed E-state index contributed by atoms with van der Waals surface area (Å²) in [5, 5.41) is 17.9. The van der Waals surface area contributed by atoms with Crippen LogP contribution in [0.25, 0.3) is 11.4 Å². The zero-order chi connectivity index (χ0) is 30.5. The number of hydrogen-bond acceptors (Lipinski definition) is 10. The van der Waals surface area contributed by atoms with Crippen LogP contribution in [0.2, 0.25) is 0 Å². The van der Waals surface area contributed by atoms with E-state index in [-0.39, 0.29) is 37.7 Å². The number of carbonyl (C=O) groups is 2. The summed E-state index contributed by atoms with van der Waals surface area (Å²) in [6, 6.07) is 13.8. The van der Waals surface area contributed by atoms with Gasteiger partial charge in [0.2, 0.25) is 24.4 Å². The molecule has 12 nitrogen and oxygen atoms in total. The summed E-state index contributed by atoms with van der Waals surface area (Å²) in [4.78, 5) is 31.7. The molecule has 4 aromatic rings. The lowest BCUT2D eigenvalue weighted by Crippen LogP contribution is -2.47. The second-order valence-electron chi connectivity index (χ2n) is 10.7. The van der Waals surface area contributed by atoms with Crippen molar-refractivity contribution in [3.05, 3.63) is 64.4 Å². The van der Waals surface area contributed by atoms with Crippen molar-refractivity contribution < 1.29 is 28.5 Å². The standard InChI is InChI=1S/C31H34N6O6S/c1-40-23-13-11-21(16-25(23)41-2)30-33-35-37(34-30)18-28(38)36(17-20-10-12-24-26(15-20)43-19-42-24)29(27-9-6-14-44-27)31(39)32-22-7-4-3-5-8-22/h6,9-16,22,29H,3-5,7-8,17-19H2,1-2H3,(H,32,39)/t29-/m1/s1. The lowest BCUT2D eigenvalue weighted by atomic mass is 9.95. The molecule has 44 heavy (non-hydrogen) atoms. The van der Waals surface area contributed by atoms with Crippen LogP contribution in [0.4, 0.5) is 0 Å². The van der Waals surface area contributed by atoms with Crippen molar-refractivity contribution >= 4 is 23.2 Å². The zero-order valence-electron chi connectivity index (χ0n) is 24.6. The topological polar surface area (TPSA) is 130 Å². The molecule has 2 aromatic heterocycles. The van der Waals surface area contributed by atoms with Gasteiger partial charge in [0.1, 0.15) is 12.6 Å². The van der Waals surface area contributed by atoms with Gasteiger partial charge in [-0.15, -0.1) is 21.5 Å². The van der Waals surface area contributed by atoms with Crippen molar-refractivity contribution in [3.8, 4) is 34.4 Å². The molecule has 230 valence electrons. The number of ether oxygens (including phenoxy) is 4. The average Bonchev–Trinajstić information content (AvgIpc) is 3.84. The molecule has 13 heteroatoms. The van der Waals surface area contributed by atoms with Crippen LogP contribution in [0.5, 0.6) is 23.0 Å². The molecule has 0 spiro atoms. The van der Waals surface area contributed by atoms with E-state index in [0.29, 0.717) is 34.4 Å². The van der Waals surface area contributed by atoms with Crippen LogP contribution < -0.4 is 24.3 Å². The van der Waals surface area contributed by atoms with Crippen LogP contribution in [0.15, 0.2) is 53.9 Å². The summed E-state index contributed by atoms with van der Waals surface area (Å²) in [5.41, 5.74) is 1.45. The summed E-state index contributed by atoms with van der Waals surface area (Å²) < 4.78 is 21.8. The molecule has 0 unspecified atom stereocenters. The molecule has 2 aliphatic rings. The highest BCUT2D eigenvalue weighted by molar-refractivity contribution is 7.10. The fourth-order valence-corrected chi connectivity index (χ4v) is 6.41. The van der Waals surface area contributed by atoms with Crippen molar-refractivity contribution in [3.63, 3.8) is 0 Å². The zero-order valence-corrected chi connectivity index (χ0v) is 25.4. The number of tetrazole rings is 1. The molecule has 1 aliphatic carbocycles. The third-order valence-electron chi connectivity index (χ3n) is 7.81. The molecule has 1 N–H and O–H groups in total. The Bertz CT molecular complexity index is 1600. The molecule has 0 saturated heterocycles. The van der Waals surface area contributed by atoms with Gasteiger partial charge in [0, 0.05) is 23.0 Å². The number of nitrogens with zero attached hydrogens (tertiary/aromatic N) is 5. The quantitative estimate of drug-likeness (QED) is 0.261. The molecule has 1 fully saturated rings. The Hall–Kier alpha value is -4.65. The number of thiophene rings is 1. The van der Waals surface area contributed by atoms with E-state index in [1.54, 1.807) is 37.3 Å². The molecule has 1 saturated carbocycles. The first kappa shape index (κ1) is 29.4. The van der Waals surface area contributed by atoms with E-state index in [1.165, 1.54) is 22.6 Å². The van der Waals surface area contributed by atoms with Gasteiger partial charge >= 0.3 is 0 Å². The highest BCUT2D eigenvalue weighted by atomic mass is 32.1. The van der Waals surface area contributed by atoms with Gasteiger partial charge in [-0.1, -0.05) is 31.4 Å². The van der Waals surface area contributed by atoms with Crippen LogP contribution in [-0.2, 0) is 22.7 Å². The minimum absolute atomic E-state index is 0.0854. The van der Waals surface area contributed by atoms with Crippen molar-refractivity contribution in [1.82, 2.24) is 30.4 Å². The van der Waals surface area contributed by atoms with Crippen molar-refractivity contribution in [2.75, 3.05) is 21.0 Å². The predicted octanol–water partition coefficient (Wildman–Crippen LogP) is 4.37. The third-order valence-corrected chi connectivity index (χ3v) is 8.73. The number of benzene rings is 2. The number of amides is 2. The molecule has 1 aliphatic heterocycles. The van der Waals surface area contributed by atoms with Crippen LogP contribution in [0.3, 0.4) is 0 Å². The van der Waals surface area contributed by atoms with Crippen LogP contribution >= 0.6 is 11.3 Å². The van der Waals surface area contributed by atoms with Gasteiger partial charge in [0.05, 0.1) is 14.2 Å². The summed E-state index contributed by atoms with van der Waals surface area (Å²) in [6.45, 7) is 0.0835. The smallest absolute Gasteiger partial charge is 0.248 e. The van der Waals surface area contributed by atoms with Crippen LogP contribution in [0, 0.1) is 0 Å². The molecular weight excluding hydrogens is 584 g/mol. The first-order valence-corrected chi connectivity index (χ1v) is 15.4. The van der Waals surface area contributed by atoms with Gasteiger partial charge in [-0.05, 0) is 65.4 Å². The molecule has 0 radical (unpaired) electrons. The van der Waals surface area contributed by atoms with Gasteiger partial charge in [-0.3, -0.25) is 9.59 Å². The SMILES string of the molecule is COc1ccc(-c2nnn(CC(=O)N(Cc3ccc4c(c3)OCO4)[C@@H](C(=O)NC3CCCCC3)c3cccs3)n2)cc1OC. The van der Waals surface area contributed by atoms with Gasteiger partial charge in [-0.2, -0.15) is 4.80 Å². The minimum Gasteiger partial charge on any atom is -0.493 e. The highest BCUT2D eigenvalue weighted by Crippen LogP contribution is 2.35. The number of hydrogen-bond donors (Lipinski definition) is 1. The molecule has 6 rings (SSSR count). The van der Waals surface area contributed by atoms with Gasteiger partial charge in [0.25, 0.3) is 0 Å². The molecule has 2 aromatic carbocycles. The summed E-state index contributed by atoms with van der Waals surface area (Å²) >= 11 is 1.44. The molecule has 1 atom stereocenters. The van der Waals surface area contributed by atoms with Crippen molar-refractivity contribution in [1.29, 1.82) is 0 Å². The lowest BCUT2D eigenvalue weighted by molar-refractivity contribution is -0.142. The van der Waals surface area contributed by atoms with Gasteiger partial charge in [0.15, 0.2) is 23.0 Å². The maximum absolute atomic E-state index is 14.1. The molecular formula is C31H34N6O6S. The summed E-state index contributed by atoms with van der Waals surface area (Å²) in [5.74, 6) is 2.13. The second kappa shape index (κ2) is 13.3. The van der Waals surface area contributed by atoms with E-state index in [9.17, 15) is 9.59 Å². The Labute approximate surface area is 258 Å². The van der Waals surface area contributed by atoms with Gasteiger partial charge < -0.3 is 29.2 Å². The first-order valence-electron chi connectivity index (χ1n) is 14.5.